The molecule has 1 N–H and O–H groups in total. The maximum absolute atomic E-state index is 13.6. The lowest BCUT2D eigenvalue weighted by atomic mass is 9.90. The molecule has 1 atom stereocenters. The van der Waals surface area contributed by atoms with Gasteiger partial charge in [0.2, 0.25) is 0 Å². The molecule has 1 heterocycles. The zero-order valence-electron chi connectivity index (χ0n) is 8.58. The van der Waals surface area contributed by atoms with E-state index in [0.29, 0.717) is 5.56 Å². The lowest BCUT2D eigenvalue weighted by Crippen LogP contribution is -2.24. The molecule has 0 fully saturated rings. The second-order valence-corrected chi connectivity index (χ2v) is 4.47. The first kappa shape index (κ1) is 11.2. The fourth-order valence-corrected chi connectivity index (χ4v) is 2.34. The minimum Gasteiger partial charge on any atom is -0.381 e. The van der Waals surface area contributed by atoms with E-state index >= 15 is 0 Å². The molecule has 0 aliphatic carbocycles. The highest BCUT2D eigenvalue weighted by Gasteiger charge is 2.30. The zero-order chi connectivity index (χ0) is 11.8. The molecule has 1 aromatic heterocycles. The third-order valence-corrected chi connectivity index (χ3v) is 3.24. The summed E-state index contributed by atoms with van der Waals surface area (Å²) in [5, 5.41) is 13.7. The molecule has 0 amide bonds. The van der Waals surface area contributed by atoms with E-state index in [4.69, 9.17) is 0 Å². The summed E-state index contributed by atoms with van der Waals surface area (Å²) in [6, 6.07) is 5.49. The number of benzene rings is 1. The Morgan fingerprint density at radius 1 is 1.25 bits per heavy atom. The molecular formula is C12H10F2OS. The number of thiophene rings is 1. The predicted octanol–water partition coefficient (Wildman–Crippen LogP) is 3.28. The second-order valence-electron chi connectivity index (χ2n) is 3.69. The molecule has 1 unspecified atom stereocenters. The maximum atomic E-state index is 13.6. The molecule has 1 nitrogen and oxygen atoms in total. The van der Waals surface area contributed by atoms with Crippen LogP contribution in [0.4, 0.5) is 8.78 Å². The van der Waals surface area contributed by atoms with Gasteiger partial charge < -0.3 is 5.11 Å². The predicted molar refractivity (Wildman–Crippen MR) is 59.3 cm³/mol. The number of hydrogen-bond acceptors (Lipinski definition) is 2. The molecule has 84 valence electrons. The third kappa shape index (κ3) is 1.74. The minimum absolute atomic E-state index is 0.0501. The van der Waals surface area contributed by atoms with Crippen molar-refractivity contribution in [1.82, 2.24) is 0 Å². The molecule has 0 spiro atoms. The fourth-order valence-electron chi connectivity index (χ4n) is 1.58. The fraction of sp³-hybridized carbons (Fsp3) is 0.167. The largest absolute Gasteiger partial charge is 0.381 e. The highest BCUT2D eigenvalue weighted by molar-refractivity contribution is 7.08. The van der Waals surface area contributed by atoms with Crippen molar-refractivity contribution in [2.75, 3.05) is 0 Å². The van der Waals surface area contributed by atoms with Gasteiger partial charge in [0, 0.05) is 5.56 Å². The molecule has 0 saturated heterocycles. The maximum Gasteiger partial charge on any atom is 0.165 e. The minimum atomic E-state index is -1.51. The molecular weight excluding hydrogens is 230 g/mol. The lowest BCUT2D eigenvalue weighted by molar-refractivity contribution is 0.0975. The van der Waals surface area contributed by atoms with Crippen LogP contribution in [0.25, 0.3) is 0 Å². The zero-order valence-corrected chi connectivity index (χ0v) is 9.39. The van der Waals surface area contributed by atoms with Gasteiger partial charge in [-0.1, -0.05) is 12.1 Å². The molecule has 16 heavy (non-hydrogen) atoms. The molecule has 0 saturated carbocycles. The van der Waals surface area contributed by atoms with Gasteiger partial charge in [0.15, 0.2) is 11.6 Å². The molecule has 2 rings (SSSR count). The third-order valence-electron chi connectivity index (χ3n) is 2.56. The van der Waals surface area contributed by atoms with Crippen LogP contribution in [0.2, 0.25) is 0 Å². The second kappa shape index (κ2) is 3.96. The van der Waals surface area contributed by atoms with Crippen LogP contribution in [-0.4, -0.2) is 5.11 Å². The summed E-state index contributed by atoms with van der Waals surface area (Å²) >= 11 is 1.39. The van der Waals surface area contributed by atoms with Crippen molar-refractivity contribution in [3.8, 4) is 0 Å². The van der Waals surface area contributed by atoms with E-state index < -0.39 is 17.2 Å². The van der Waals surface area contributed by atoms with Gasteiger partial charge in [0.1, 0.15) is 5.60 Å². The summed E-state index contributed by atoms with van der Waals surface area (Å²) in [6.45, 7) is 1.45. The standard InChI is InChI=1S/C12H10F2OS/c1-12(15,8-5-6-16-7-8)9-3-2-4-10(13)11(9)14/h2-7,15H,1H3. The highest BCUT2D eigenvalue weighted by Crippen LogP contribution is 2.32. The van der Waals surface area contributed by atoms with Crippen LogP contribution in [0.15, 0.2) is 35.0 Å². The molecule has 2 aromatic rings. The van der Waals surface area contributed by atoms with E-state index in [1.54, 1.807) is 16.8 Å². The van der Waals surface area contributed by atoms with Gasteiger partial charge in [-0.05, 0) is 35.4 Å². The van der Waals surface area contributed by atoms with Crippen LogP contribution >= 0.6 is 11.3 Å². The van der Waals surface area contributed by atoms with E-state index in [1.165, 1.54) is 30.4 Å². The Balaban J connectivity index is 2.56. The number of rotatable bonds is 2. The first-order valence-electron chi connectivity index (χ1n) is 4.73. The summed E-state index contributed by atoms with van der Waals surface area (Å²) in [4.78, 5) is 0. The van der Waals surface area contributed by atoms with Gasteiger partial charge in [-0.3, -0.25) is 0 Å². The van der Waals surface area contributed by atoms with Crippen LogP contribution < -0.4 is 0 Å². The molecule has 0 aliphatic heterocycles. The molecule has 0 bridgehead atoms. The SMILES string of the molecule is CC(O)(c1ccsc1)c1cccc(F)c1F. The van der Waals surface area contributed by atoms with Gasteiger partial charge >= 0.3 is 0 Å². The Hall–Kier alpha value is -1.26. The number of halogens is 2. The van der Waals surface area contributed by atoms with Crippen LogP contribution in [0.1, 0.15) is 18.1 Å². The Kier molecular flexibility index (Phi) is 2.78. The smallest absolute Gasteiger partial charge is 0.165 e. The number of aliphatic hydroxyl groups is 1. The van der Waals surface area contributed by atoms with Crippen LogP contribution in [0, 0.1) is 11.6 Å². The first-order chi connectivity index (χ1) is 7.53. The monoisotopic (exact) mass is 240 g/mol. The molecule has 0 aliphatic rings. The van der Waals surface area contributed by atoms with Crippen molar-refractivity contribution in [3.05, 3.63) is 57.8 Å². The lowest BCUT2D eigenvalue weighted by Gasteiger charge is -2.23. The normalized spacial score (nSPS) is 14.8. The molecule has 1 aromatic carbocycles. The Labute approximate surface area is 96.0 Å². The summed E-state index contributed by atoms with van der Waals surface area (Å²) in [5.41, 5.74) is -1.00. The molecule has 4 heteroatoms. The van der Waals surface area contributed by atoms with Gasteiger partial charge in [-0.25, -0.2) is 8.78 Å². The van der Waals surface area contributed by atoms with Crippen molar-refractivity contribution in [2.24, 2.45) is 0 Å². The van der Waals surface area contributed by atoms with E-state index in [2.05, 4.69) is 0 Å². The topological polar surface area (TPSA) is 20.2 Å². The molecule has 0 radical (unpaired) electrons. The van der Waals surface area contributed by atoms with Crippen molar-refractivity contribution < 1.29 is 13.9 Å². The first-order valence-corrected chi connectivity index (χ1v) is 5.67. The van der Waals surface area contributed by atoms with Crippen LogP contribution in [0.5, 0.6) is 0 Å². The van der Waals surface area contributed by atoms with Crippen molar-refractivity contribution in [2.45, 2.75) is 12.5 Å². The summed E-state index contributed by atoms with van der Waals surface area (Å²) in [5.74, 6) is -1.95. The quantitative estimate of drug-likeness (QED) is 0.854. The Morgan fingerprint density at radius 2 is 2.00 bits per heavy atom. The average molecular weight is 240 g/mol. The van der Waals surface area contributed by atoms with Gasteiger partial charge in [-0.15, -0.1) is 0 Å². The average Bonchev–Trinajstić information content (AvgIpc) is 2.75. The van der Waals surface area contributed by atoms with Gasteiger partial charge in [0.25, 0.3) is 0 Å². The van der Waals surface area contributed by atoms with Gasteiger partial charge in [-0.2, -0.15) is 11.3 Å². The van der Waals surface area contributed by atoms with E-state index in [0.717, 1.165) is 6.07 Å². The van der Waals surface area contributed by atoms with E-state index in [9.17, 15) is 13.9 Å². The highest BCUT2D eigenvalue weighted by atomic mass is 32.1. The number of hydrogen-bond donors (Lipinski definition) is 1. The van der Waals surface area contributed by atoms with Gasteiger partial charge in [0.05, 0.1) is 0 Å². The van der Waals surface area contributed by atoms with Crippen molar-refractivity contribution in [1.29, 1.82) is 0 Å². The van der Waals surface area contributed by atoms with Crippen LogP contribution in [-0.2, 0) is 5.60 Å². The Morgan fingerprint density at radius 3 is 2.62 bits per heavy atom. The van der Waals surface area contributed by atoms with Crippen molar-refractivity contribution in [3.63, 3.8) is 0 Å². The van der Waals surface area contributed by atoms with E-state index in [-0.39, 0.29) is 5.56 Å². The van der Waals surface area contributed by atoms with E-state index in [1.807, 2.05) is 0 Å². The Bertz CT molecular complexity index is 492. The summed E-state index contributed by atoms with van der Waals surface area (Å²) in [6.07, 6.45) is 0. The summed E-state index contributed by atoms with van der Waals surface area (Å²) < 4.78 is 26.6. The summed E-state index contributed by atoms with van der Waals surface area (Å²) in [7, 11) is 0. The van der Waals surface area contributed by atoms with Crippen LogP contribution in [0.3, 0.4) is 0 Å². The van der Waals surface area contributed by atoms with Crippen molar-refractivity contribution >= 4 is 11.3 Å².